The maximum Gasteiger partial charge on any atom is 0.243 e. The SMILES string of the molecule is NC(=O)CNC(=O)[C@H](Cc1c[nH]c2ccccc12)NC(=O)[C@@H](N)Cc1c[nH]c2ccccc12. The fourth-order valence-electron chi connectivity index (χ4n) is 3.94. The van der Waals surface area contributed by atoms with E-state index >= 15 is 0 Å². The minimum atomic E-state index is -0.926. The minimum absolute atomic E-state index is 0.222. The molecule has 9 heteroatoms. The minimum Gasteiger partial charge on any atom is -0.368 e. The average Bonchev–Trinajstić information content (AvgIpc) is 3.41. The largest absolute Gasteiger partial charge is 0.368 e. The third-order valence-electron chi connectivity index (χ3n) is 5.62. The van der Waals surface area contributed by atoms with Gasteiger partial charge in [-0.15, -0.1) is 0 Å². The van der Waals surface area contributed by atoms with Crippen molar-refractivity contribution in [2.24, 2.45) is 11.5 Å². The monoisotopic (exact) mass is 446 g/mol. The molecule has 3 amide bonds. The van der Waals surface area contributed by atoms with Gasteiger partial charge < -0.3 is 32.1 Å². The Kier molecular flexibility index (Phi) is 6.41. The van der Waals surface area contributed by atoms with E-state index in [9.17, 15) is 14.4 Å². The number of hydrogen-bond acceptors (Lipinski definition) is 4. The quantitative estimate of drug-likeness (QED) is 0.225. The highest BCUT2D eigenvalue weighted by atomic mass is 16.2. The Hall–Kier alpha value is -4.11. The van der Waals surface area contributed by atoms with Crippen molar-refractivity contribution in [1.29, 1.82) is 0 Å². The second-order valence-electron chi connectivity index (χ2n) is 7.98. The van der Waals surface area contributed by atoms with Crippen molar-refractivity contribution in [2.45, 2.75) is 24.9 Å². The molecule has 33 heavy (non-hydrogen) atoms. The van der Waals surface area contributed by atoms with E-state index < -0.39 is 29.8 Å². The number of amides is 3. The molecular formula is C24H26N6O3. The van der Waals surface area contributed by atoms with E-state index in [0.717, 1.165) is 32.9 Å². The van der Waals surface area contributed by atoms with Crippen LogP contribution in [0.2, 0.25) is 0 Å². The number of nitrogens with one attached hydrogen (secondary N) is 4. The van der Waals surface area contributed by atoms with E-state index in [0.29, 0.717) is 6.42 Å². The number of H-pyrrole nitrogens is 2. The molecule has 9 nitrogen and oxygen atoms in total. The first-order valence-corrected chi connectivity index (χ1v) is 10.6. The second-order valence-corrected chi connectivity index (χ2v) is 7.98. The summed E-state index contributed by atoms with van der Waals surface area (Å²) in [5, 5.41) is 7.17. The maximum absolute atomic E-state index is 12.9. The van der Waals surface area contributed by atoms with Crippen molar-refractivity contribution in [1.82, 2.24) is 20.6 Å². The molecule has 2 atom stereocenters. The molecule has 8 N–H and O–H groups in total. The van der Waals surface area contributed by atoms with Gasteiger partial charge in [-0.05, 0) is 29.7 Å². The zero-order valence-electron chi connectivity index (χ0n) is 17.9. The fraction of sp³-hybridized carbons (Fsp3) is 0.208. The van der Waals surface area contributed by atoms with Crippen LogP contribution in [0.1, 0.15) is 11.1 Å². The number of aromatic amines is 2. The van der Waals surface area contributed by atoms with Gasteiger partial charge in [-0.3, -0.25) is 14.4 Å². The third kappa shape index (κ3) is 5.04. The molecule has 170 valence electrons. The lowest BCUT2D eigenvalue weighted by Crippen LogP contribution is -2.53. The van der Waals surface area contributed by atoms with E-state index in [-0.39, 0.29) is 13.0 Å². The summed E-state index contributed by atoms with van der Waals surface area (Å²) in [7, 11) is 0. The van der Waals surface area contributed by atoms with Gasteiger partial charge in [0, 0.05) is 40.6 Å². The van der Waals surface area contributed by atoms with Crippen molar-refractivity contribution < 1.29 is 14.4 Å². The second kappa shape index (κ2) is 9.58. The summed E-state index contributed by atoms with van der Waals surface area (Å²) in [6.45, 7) is -0.319. The zero-order chi connectivity index (χ0) is 23.4. The Morgan fingerprint density at radius 2 is 1.36 bits per heavy atom. The molecule has 0 fully saturated rings. The van der Waals surface area contributed by atoms with Gasteiger partial charge in [0.15, 0.2) is 0 Å². The van der Waals surface area contributed by atoms with Crippen molar-refractivity contribution in [3.05, 3.63) is 72.1 Å². The molecule has 0 spiro atoms. The maximum atomic E-state index is 12.9. The highest BCUT2D eigenvalue weighted by Crippen LogP contribution is 2.20. The van der Waals surface area contributed by atoms with Crippen LogP contribution in [0, 0.1) is 0 Å². The standard InChI is InChI=1S/C24H26N6O3/c25-18(9-14-11-27-19-7-3-1-5-16(14)19)23(32)30-21(24(33)29-13-22(26)31)10-15-12-28-20-8-4-2-6-17(15)20/h1-8,11-12,18,21,27-28H,9-10,13,25H2,(H2,26,31)(H,29,33)(H,30,32)/t18-,21-/m0/s1. The van der Waals surface area contributed by atoms with Crippen LogP contribution in [0.3, 0.4) is 0 Å². The number of nitrogens with two attached hydrogens (primary N) is 2. The summed E-state index contributed by atoms with van der Waals surface area (Å²) < 4.78 is 0. The topological polar surface area (TPSA) is 159 Å². The number of carbonyl (C=O) groups is 3. The summed E-state index contributed by atoms with van der Waals surface area (Å²) in [5.41, 5.74) is 15.0. The van der Waals surface area contributed by atoms with Gasteiger partial charge in [0.05, 0.1) is 12.6 Å². The smallest absolute Gasteiger partial charge is 0.243 e. The van der Waals surface area contributed by atoms with Crippen molar-refractivity contribution in [3.63, 3.8) is 0 Å². The van der Waals surface area contributed by atoms with Crippen LogP contribution < -0.4 is 22.1 Å². The van der Waals surface area contributed by atoms with Gasteiger partial charge in [-0.25, -0.2) is 0 Å². The van der Waals surface area contributed by atoms with Gasteiger partial charge in [0.25, 0.3) is 0 Å². The number of fused-ring (bicyclic) bond motifs is 2. The molecule has 0 radical (unpaired) electrons. The van der Waals surface area contributed by atoms with Crippen molar-refractivity contribution in [3.8, 4) is 0 Å². The van der Waals surface area contributed by atoms with E-state index in [4.69, 9.17) is 11.5 Å². The molecule has 0 saturated carbocycles. The van der Waals surface area contributed by atoms with E-state index in [1.807, 2.05) is 54.7 Å². The number of hydrogen-bond donors (Lipinski definition) is 6. The molecule has 0 unspecified atom stereocenters. The summed E-state index contributed by atoms with van der Waals surface area (Å²) in [6.07, 6.45) is 4.16. The summed E-state index contributed by atoms with van der Waals surface area (Å²) in [5.74, 6) is -1.64. The molecule has 2 heterocycles. The fourth-order valence-corrected chi connectivity index (χ4v) is 3.94. The molecule has 0 bridgehead atoms. The van der Waals surface area contributed by atoms with Gasteiger partial charge >= 0.3 is 0 Å². The van der Waals surface area contributed by atoms with Gasteiger partial charge in [-0.1, -0.05) is 36.4 Å². The first kappa shape index (κ1) is 22.1. The molecule has 0 saturated heterocycles. The van der Waals surface area contributed by atoms with Crippen LogP contribution in [0.15, 0.2) is 60.9 Å². The van der Waals surface area contributed by atoms with Crippen LogP contribution >= 0.6 is 0 Å². The van der Waals surface area contributed by atoms with Crippen LogP contribution in [0.5, 0.6) is 0 Å². The van der Waals surface area contributed by atoms with E-state index in [2.05, 4.69) is 20.6 Å². The molecule has 4 rings (SSSR count). The Bertz CT molecular complexity index is 1310. The average molecular weight is 447 g/mol. The first-order valence-electron chi connectivity index (χ1n) is 10.6. The van der Waals surface area contributed by atoms with Gasteiger partial charge in [-0.2, -0.15) is 0 Å². The Labute approximate surface area is 189 Å². The highest BCUT2D eigenvalue weighted by molar-refractivity contribution is 5.93. The summed E-state index contributed by atoms with van der Waals surface area (Å²) in [6, 6.07) is 13.6. The number of para-hydroxylation sites is 2. The lowest BCUT2D eigenvalue weighted by atomic mass is 10.0. The molecule has 0 aliphatic heterocycles. The lowest BCUT2D eigenvalue weighted by molar-refractivity contribution is -0.130. The third-order valence-corrected chi connectivity index (χ3v) is 5.62. The van der Waals surface area contributed by atoms with E-state index in [1.165, 1.54) is 0 Å². The van der Waals surface area contributed by atoms with Gasteiger partial charge in [0.2, 0.25) is 17.7 Å². The van der Waals surface area contributed by atoms with Crippen molar-refractivity contribution >= 4 is 39.5 Å². The Morgan fingerprint density at radius 3 is 1.94 bits per heavy atom. The first-order chi connectivity index (χ1) is 15.9. The molecular weight excluding hydrogens is 420 g/mol. The predicted octanol–water partition coefficient (Wildman–Crippen LogP) is 0.848. The summed E-state index contributed by atoms with van der Waals surface area (Å²) >= 11 is 0. The van der Waals surface area contributed by atoms with Gasteiger partial charge in [0.1, 0.15) is 6.04 Å². The molecule has 4 aromatic rings. The highest BCUT2D eigenvalue weighted by Gasteiger charge is 2.26. The molecule has 0 aliphatic carbocycles. The van der Waals surface area contributed by atoms with Crippen LogP contribution in [0.4, 0.5) is 0 Å². The molecule has 2 aromatic carbocycles. The van der Waals surface area contributed by atoms with Crippen LogP contribution in [0.25, 0.3) is 21.8 Å². The lowest BCUT2D eigenvalue weighted by Gasteiger charge is -2.20. The Morgan fingerprint density at radius 1 is 0.818 bits per heavy atom. The zero-order valence-corrected chi connectivity index (χ0v) is 17.9. The van der Waals surface area contributed by atoms with E-state index in [1.54, 1.807) is 6.20 Å². The molecule has 2 aromatic heterocycles. The number of carbonyl (C=O) groups excluding carboxylic acids is 3. The summed E-state index contributed by atoms with van der Waals surface area (Å²) in [4.78, 5) is 43.1. The van der Waals surface area contributed by atoms with Crippen molar-refractivity contribution in [2.75, 3.05) is 6.54 Å². The van der Waals surface area contributed by atoms with Crippen LogP contribution in [-0.4, -0.2) is 46.3 Å². The number of benzene rings is 2. The number of aromatic nitrogens is 2. The molecule has 0 aliphatic rings. The number of primary amides is 1. The Balaban J connectivity index is 1.50. The van der Waals surface area contributed by atoms with Crippen LogP contribution in [-0.2, 0) is 27.2 Å². The predicted molar refractivity (Wildman–Crippen MR) is 126 cm³/mol. The normalized spacial score (nSPS) is 13.0. The number of rotatable bonds is 9.